The predicted octanol–water partition coefficient (Wildman–Crippen LogP) is 0.228. The lowest BCUT2D eigenvalue weighted by atomic mass is 10.0. The molecular formula is C12H19NO5S2. The minimum absolute atomic E-state index is 0.00266. The first-order valence-corrected chi connectivity index (χ1v) is 9.51. The zero-order valence-electron chi connectivity index (χ0n) is 11.3. The minimum Gasteiger partial charge on any atom is -0.481 e. The van der Waals surface area contributed by atoms with Crippen molar-refractivity contribution in [2.75, 3.05) is 23.8 Å². The molecule has 6 nitrogen and oxygen atoms in total. The molecule has 2 rings (SSSR count). The lowest BCUT2D eigenvalue weighted by Crippen LogP contribution is -2.38. The molecule has 0 aliphatic carbocycles. The Bertz CT molecular complexity index is 504. The Labute approximate surface area is 122 Å². The van der Waals surface area contributed by atoms with E-state index in [1.807, 2.05) is 0 Å². The standard InChI is InChI=1S/C12H19NO5S2/c1-8-10(12(15)16)2-4-13(8)11(14)6-19-9-3-5-20(17,18)7-9/h8-10H,2-7H2,1H3,(H,15,16). The smallest absolute Gasteiger partial charge is 0.308 e. The van der Waals surface area contributed by atoms with Gasteiger partial charge in [0.1, 0.15) is 0 Å². The van der Waals surface area contributed by atoms with Crippen molar-refractivity contribution in [2.24, 2.45) is 5.92 Å². The zero-order valence-corrected chi connectivity index (χ0v) is 13.0. The normalized spacial score (nSPS) is 32.5. The van der Waals surface area contributed by atoms with Gasteiger partial charge in [-0.1, -0.05) is 0 Å². The van der Waals surface area contributed by atoms with Gasteiger partial charge in [0.15, 0.2) is 9.84 Å². The van der Waals surface area contributed by atoms with Crippen LogP contribution in [0.5, 0.6) is 0 Å². The number of aliphatic carboxylic acids is 1. The van der Waals surface area contributed by atoms with E-state index in [4.69, 9.17) is 5.11 Å². The van der Waals surface area contributed by atoms with Crippen molar-refractivity contribution in [1.82, 2.24) is 4.90 Å². The van der Waals surface area contributed by atoms with E-state index in [9.17, 15) is 18.0 Å². The van der Waals surface area contributed by atoms with Crippen LogP contribution in [-0.4, -0.2) is 65.4 Å². The van der Waals surface area contributed by atoms with Crippen molar-refractivity contribution in [1.29, 1.82) is 0 Å². The van der Waals surface area contributed by atoms with Gasteiger partial charge in [-0.3, -0.25) is 9.59 Å². The van der Waals surface area contributed by atoms with Crippen LogP contribution in [0.2, 0.25) is 0 Å². The summed E-state index contributed by atoms with van der Waals surface area (Å²) in [5.74, 6) is -0.844. The van der Waals surface area contributed by atoms with E-state index in [1.165, 1.54) is 11.8 Å². The summed E-state index contributed by atoms with van der Waals surface area (Å²) in [7, 11) is -2.92. The second kappa shape index (κ2) is 5.93. The van der Waals surface area contributed by atoms with E-state index in [1.54, 1.807) is 11.8 Å². The van der Waals surface area contributed by atoms with Gasteiger partial charge < -0.3 is 10.0 Å². The molecule has 0 aromatic rings. The second-order valence-electron chi connectivity index (χ2n) is 5.40. The van der Waals surface area contributed by atoms with Crippen molar-refractivity contribution in [3.05, 3.63) is 0 Å². The van der Waals surface area contributed by atoms with Crippen LogP contribution >= 0.6 is 11.8 Å². The summed E-state index contributed by atoms with van der Waals surface area (Å²) < 4.78 is 22.7. The van der Waals surface area contributed by atoms with Crippen LogP contribution in [0.1, 0.15) is 19.8 Å². The summed E-state index contributed by atoms with van der Waals surface area (Å²) in [5, 5.41) is 9.03. The van der Waals surface area contributed by atoms with Crippen LogP contribution in [-0.2, 0) is 19.4 Å². The molecule has 114 valence electrons. The molecule has 1 N–H and O–H groups in total. The average Bonchev–Trinajstić information content (AvgIpc) is 2.89. The lowest BCUT2D eigenvalue weighted by molar-refractivity contribution is -0.142. The number of carbonyl (C=O) groups excluding carboxylic acids is 1. The first-order valence-electron chi connectivity index (χ1n) is 6.64. The van der Waals surface area contributed by atoms with Crippen molar-refractivity contribution < 1.29 is 23.1 Å². The fraction of sp³-hybridized carbons (Fsp3) is 0.833. The summed E-state index contributed by atoms with van der Waals surface area (Å²) in [6, 6.07) is -0.284. The van der Waals surface area contributed by atoms with Gasteiger partial charge in [0.05, 0.1) is 23.2 Å². The molecule has 2 saturated heterocycles. The summed E-state index contributed by atoms with van der Waals surface area (Å²) in [4.78, 5) is 24.7. The fourth-order valence-electron chi connectivity index (χ4n) is 2.79. The molecule has 8 heteroatoms. The molecule has 2 aliphatic heterocycles. The van der Waals surface area contributed by atoms with Gasteiger partial charge in [-0.25, -0.2) is 8.42 Å². The summed E-state index contributed by atoms with van der Waals surface area (Å²) in [6.45, 7) is 2.23. The first-order chi connectivity index (χ1) is 9.30. The van der Waals surface area contributed by atoms with Crippen LogP contribution in [0.25, 0.3) is 0 Å². The van der Waals surface area contributed by atoms with Gasteiger partial charge in [0.25, 0.3) is 0 Å². The van der Waals surface area contributed by atoms with E-state index >= 15 is 0 Å². The Morgan fingerprint density at radius 1 is 1.35 bits per heavy atom. The lowest BCUT2D eigenvalue weighted by Gasteiger charge is -2.23. The zero-order chi connectivity index (χ0) is 14.9. The molecule has 0 aromatic heterocycles. The van der Waals surface area contributed by atoms with Gasteiger partial charge >= 0.3 is 5.97 Å². The van der Waals surface area contributed by atoms with Gasteiger partial charge in [0.2, 0.25) is 5.91 Å². The maximum Gasteiger partial charge on any atom is 0.308 e. The molecule has 20 heavy (non-hydrogen) atoms. The van der Waals surface area contributed by atoms with Gasteiger partial charge in [0, 0.05) is 17.8 Å². The third-order valence-corrected chi connectivity index (χ3v) is 7.29. The number of carboxylic acids is 1. The topological polar surface area (TPSA) is 91.8 Å². The highest BCUT2D eigenvalue weighted by Crippen LogP contribution is 2.28. The number of amides is 1. The van der Waals surface area contributed by atoms with Crippen LogP contribution < -0.4 is 0 Å². The predicted molar refractivity (Wildman–Crippen MR) is 76.4 cm³/mol. The molecule has 2 aliphatic rings. The molecule has 3 unspecified atom stereocenters. The molecule has 0 aromatic carbocycles. The quantitative estimate of drug-likeness (QED) is 0.797. The summed E-state index contributed by atoms with van der Waals surface area (Å²) in [5.41, 5.74) is 0. The number of carboxylic acid groups (broad SMARTS) is 1. The molecule has 0 bridgehead atoms. The van der Waals surface area contributed by atoms with Crippen LogP contribution in [0, 0.1) is 5.92 Å². The Balaban J connectivity index is 1.83. The molecule has 0 spiro atoms. The minimum atomic E-state index is -2.92. The fourth-order valence-corrected chi connectivity index (χ4v) is 6.31. The number of hydrogen-bond donors (Lipinski definition) is 1. The van der Waals surface area contributed by atoms with Crippen molar-refractivity contribution in [2.45, 2.75) is 31.1 Å². The van der Waals surface area contributed by atoms with E-state index in [0.717, 1.165) is 0 Å². The Kier molecular flexibility index (Phi) is 4.63. The molecule has 2 fully saturated rings. The largest absolute Gasteiger partial charge is 0.481 e. The van der Waals surface area contributed by atoms with Crippen LogP contribution in [0.3, 0.4) is 0 Å². The average molecular weight is 321 g/mol. The van der Waals surface area contributed by atoms with Crippen molar-refractivity contribution in [3.8, 4) is 0 Å². The number of carbonyl (C=O) groups is 2. The maximum absolute atomic E-state index is 12.1. The summed E-state index contributed by atoms with van der Waals surface area (Å²) in [6.07, 6.45) is 1.10. The molecule has 0 saturated carbocycles. The Morgan fingerprint density at radius 2 is 2.05 bits per heavy atom. The van der Waals surface area contributed by atoms with E-state index in [-0.39, 0.29) is 34.5 Å². The number of hydrogen-bond acceptors (Lipinski definition) is 5. The van der Waals surface area contributed by atoms with Gasteiger partial charge in [-0.2, -0.15) is 0 Å². The van der Waals surface area contributed by atoms with Gasteiger partial charge in [-0.05, 0) is 19.8 Å². The van der Waals surface area contributed by atoms with E-state index in [0.29, 0.717) is 19.4 Å². The number of sulfone groups is 1. The molecule has 0 radical (unpaired) electrons. The number of nitrogens with zero attached hydrogens (tertiary/aromatic N) is 1. The Hall–Kier alpha value is -0.760. The van der Waals surface area contributed by atoms with Crippen molar-refractivity contribution in [3.63, 3.8) is 0 Å². The van der Waals surface area contributed by atoms with E-state index < -0.39 is 21.7 Å². The van der Waals surface area contributed by atoms with Crippen LogP contribution in [0.15, 0.2) is 0 Å². The highest BCUT2D eigenvalue weighted by atomic mass is 32.2. The SMILES string of the molecule is CC1C(C(=O)O)CCN1C(=O)CSC1CCS(=O)(=O)C1. The Morgan fingerprint density at radius 3 is 2.55 bits per heavy atom. The second-order valence-corrected chi connectivity index (χ2v) is 8.91. The first kappa shape index (κ1) is 15.6. The monoisotopic (exact) mass is 321 g/mol. The number of rotatable bonds is 4. The van der Waals surface area contributed by atoms with E-state index in [2.05, 4.69) is 0 Å². The molecule has 1 amide bonds. The molecular weight excluding hydrogens is 302 g/mol. The highest BCUT2D eigenvalue weighted by Gasteiger charge is 2.38. The van der Waals surface area contributed by atoms with Crippen LogP contribution in [0.4, 0.5) is 0 Å². The van der Waals surface area contributed by atoms with Crippen molar-refractivity contribution >= 4 is 33.5 Å². The summed E-state index contributed by atoms with van der Waals surface area (Å²) >= 11 is 1.38. The third-order valence-electron chi connectivity index (χ3n) is 4.03. The number of thioether (sulfide) groups is 1. The highest BCUT2D eigenvalue weighted by molar-refractivity contribution is 8.02. The number of likely N-dealkylation sites (tertiary alicyclic amines) is 1. The molecule has 2 heterocycles. The maximum atomic E-state index is 12.1. The van der Waals surface area contributed by atoms with Gasteiger partial charge in [-0.15, -0.1) is 11.8 Å². The molecule has 3 atom stereocenters. The third kappa shape index (κ3) is 3.46.